The summed E-state index contributed by atoms with van der Waals surface area (Å²) in [4.78, 5) is 25.2. The van der Waals surface area contributed by atoms with Crippen LogP contribution in [0.25, 0.3) is 11.6 Å². The fourth-order valence-corrected chi connectivity index (χ4v) is 4.59. The molecule has 154 valence electrons. The Morgan fingerprint density at radius 2 is 2.17 bits per heavy atom. The molecule has 1 N–H and O–H groups in total. The van der Waals surface area contributed by atoms with Crippen LogP contribution in [0.1, 0.15) is 28.6 Å². The van der Waals surface area contributed by atoms with Crippen LogP contribution in [-0.4, -0.2) is 39.5 Å². The third-order valence-electron chi connectivity index (χ3n) is 3.80. The number of rotatable bonds is 8. The largest absolute Gasteiger partial charge is 0.465 e. The molecule has 0 atom stereocenters. The molecular formula is C18H19BrN4O4S2. The molecule has 0 aliphatic heterocycles. The van der Waals surface area contributed by atoms with Gasteiger partial charge in [0.25, 0.3) is 0 Å². The highest BCUT2D eigenvalue weighted by Gasteiger charge is 2.20. The molecule has 0 saturated heterocycles. The van der Waals surface area contributed by atoms with Crippen LogP contribution < -0.4 is 5.32 Å². The summed E-state index contributed by atoms with van der Waals surface area (Å²) in [6.45, 7) is 4.61. The van der Waals surface area contributed by atoms with Gasteiger partial charge in [0.15, 0.2) is 15.6 Å². The lowest BCUT2D eigenvalue weighted by atomic mass is 10.3. The molecule has 11 heteroatoms. The molecule has 3 rings (SSSR count). The number of carbonyl (C=O) groups excluding carboxylic acids is 2. The molecule has 0 unspecified atom stereocenters. The maximum Gasteiger partial charge on any atom is 0.340 e. The molecule has 3 aromatic rings. The lowest BCUT2D eigenvalue weighted by Crippen LogP contribution is -2.16. The Labute approximate surface area is 184 Å². The molecule has 29 heavy (non-hydrogen) atoms. The van der Waals surface area contributed by atoms with E-state index in [-0.39, 0.29) is 11.7 Å². The number of methoxy groups -OCH3 is 1. The highest BCUT2D eigenvalue weighted by Crippen LogP contribution is 2.30. The molecule has 8 nitrogen and oxygen atoms in total. The number of aryl methyl sites for hydroxylation is 1. The van der Waals surface area contributed by atoms with Gasteiger partial charge in [-0.25, -0.2) is 4.79 Å². The maximum atomic E-state index is 12.4. The summed E-state index contributed by atoms with van der Waals surface area (Å²) in [6.07, 6.45) is 0.879. The Kier molecular flexibility index (Phi) is 7.14. The average molecular weight is 499 g/mol. The van der Waals surface area contributed by atoms with Crippen molar-refractivity contribution in [1.29, 1.82) is 0 Å². The number of thioether (sulfide) groups is 1. The van der Waals surface area contributed by atoms with Gasteiger partial charge in [0.2, 0.25) is 11.7 Å². The van der Waals surface area contributed by atoms with E-state index in [1.54, 1.807) is 12.1 Å². The first-order valence-corrected chi connectivity index (χ1v) is 11.3. The van der Waals surface area contributed by atoms with Gasteiger partial charge in [0.05, 0.1) is 18.4 Å². The van der Waals surface area contributed by atoms with Gasteiger partial charge in [-0.2, -0.15) is 0 Å². The van der Waals surface area contributed by atoms with Crippen molar-refractivity contribution in [3.05, 3.63) is 33.3 Å². The second kappa shape index (κ2) is 9.59. The maximum absolute atomic E-state index is 12.4. The Bertz CT molecular complexity index is 1030. The van der Waals surface area contributed by atoms with Crippen molar-refractivity contribution < 1.29 is 18.7 Å². The standard InChI is InChI=1S/C18H19BrN4O4S2/c1-4-7-23-15(12-5-6-13(19)27-12)21-22-18(23)28-9-14(24)20-16-11(17(25)26-3)8-10(2)29-16/h5-6,8H,4,7,9H2,1-3H3,(H,20,24). The van der Waals surface area contributed by atoms with Crippen LogP contribution in [0.2, 0.25) is 0 Å². The first kappa shape index (κ1) is 21.6. The molecule has 0 aliphatic carbocycles. The second-order valence-corrected chi connectivity index (χ2v) is 8.97. The summed E-state index contributed by atoms with van der Waals surface area (Å²) in [5, 5.41) is 12.3. The van der Waals surface area contributed by atoms with Gasteiger partial charge in [0.1, 0.15) is 5.00 Å². The average Bonchev–Trinajstić information content (AvgIpc) is 3.38. The number of thiophene rings is 1. The van der Waals surface area contributed by atoms with Gasteiger partial charge in [0, 0.05) is 11.4 Å². The third-order valence-corrected chi connectivity index (χ3v) is 6.16. The van der Waals surface area contributed by atoms with Gasteiger partial charge in [-0.3, -0.25) is 9.36 Å². The lowest BCUT2D eigenvalue weighted by molar-refractivity contribution is -0.113. The number of anilines is 1. The Hall–Kier alpha value is -2.11. The van der Waals surface area contributed by atoms with E-state index in [4.69, 9.17) is 9.15 Å². The molecule has 0 aromatic carbocycles. The van der Waals surface area contributed by atoms with Crippen molar-refractivity contribution >= 4 is 55.9 Å². The second-order valence-electron chi connectivity index (χ2n) is 5.99. The minimum absolute atomic E-state index is 0.126. The van der Waals surface area contributed by atoms with Crippen LogP contribution in [0, 0.1) is 6.92 Å². The number of nitrogens with zero attached hydrogens (tertiary/aromatic N) is 3. The van der Waals surface area contributed by atoms with Crippen molar-refractivity contribution in [2.24, 2.45) is 0 Å². The van der Waals surface area contributed by atoms with E-state index in [0.717, 1.165) is 11.3 Å². The first-order chi connectivity index (χ1) is 13.9. The number of carbonyl (C=O) groups is 2. The normalized spacial score (nSPS) is 10.9. The van der Waals surface area contributed by atoms with Gasteiger partial charge in [-0.1, -0.05) is 18.7 Å². The minimum Gasteiger partial charge on any atom is -0.465 e. The highest BCUT2D eigenvalue weighted by atomic mass is 79.9. The van der Waals surface area contributed by atoms with Crippen molar-refractivity contribution in [3.8, 4) is 11.6 Å². The zero-order valence-corrected chi connectivity index (χ0v) is 19.2. The van der Waals surface area contributed by atoms with Gasteiger partial charge in [-0.05, 0) is 47.5 Å². The van der Waals surface area contributed by atoms with E-state index in [1.165, 1.54) is 30.2 Å². The minimum atomic E-state index is -0.478. The fraction of sp³-hybridized carbons (Fsp3) is 0.333. The molecule has 3 aromatic heterocycles. The van der Waals surface area contributed by atoms with Crippen molar-refractivity contribution in [3.63, 3.8) is 0 Å². The zero-order valence-electron chi connectivity index (χ0n) is 16.0. The van der Waals surface area contributed by atoms with E-state index in [2.05, 4.69) is 38.4 Å². The van der Waals surface area contributed by atoms with E-state index in [9.17, 15) is 9.59 Å². The number of hydrogen-bond acceptors (Lipinski definition) is 8. The molecule has 0 radical (unpaired) electrons. The molecular weight excluding hydrogens is 480 g/mol. The van der Waals surface area contributed by atoms with Crippen LogP contribution in [0.4, 0.5) is 5.00 Å². The smallest absolute Gasteiger partial charge is 0.340 e. The van der Waals surface area contributed by atoms with Crippen LogP contribution in [-0.2, 0) is 16.1 Å². The van der Waals surface area contributed by atoms with Crippen LogP contribution in [0.3, 0.4) is 0 Å². The van der Waals surface area contributed by atoms with E-state index in [0.29, 0.717) is 38.5 Å². The molecule has 0 saturated carbocycles. The summed E-state index contributed by atoms with van der Waals surface area (Å²) in [5.41, 5.74) is 0.355. The summed E-state index contributed by atoms with van der Waals surface area (Å²) < 4.78 is 12.9. The van der Waals surface area contributed by atoms with Crippen LogP contribution in [0.5, 0.6) is 0 Å². The van der Waals surface area contributed by atoms with Gasteiger partial charge < -0.3 is 14.5 Å². The third kappa shape index (κ3) is 5.09. The van der Waals surface area contributed by atoms with Crippen molar-refractivity contribution in [1.82, 2.24) is 14.8 Å². The van der Waals surface area contributed by atoms with Gasteiger partial charge >= 0.3 is 5.97 Å². The predicted octanol–water partition coefficient (Wildman–Crippen LogP) is 4.60. The topological polar surface area (TPSA) is 99.2 Å². The number of furan rings is 1. The number of hydrogen-bond donors (Lipinski definition) is 1. The molecule has 0 aliphatic rings. The Balaban J connectivity index is 1.71. The fourth-order valence-electron chi connectivity index (χ4n) is 2.60. The lowest BCUT2D eigenvalue weighted by Gasteiger charge is -2.08. The summed E-state index contributed by atoms with van der Waals surface area (Å²) in [7, 11) is 1.31. The number of nitrogens with one attached hydrogen (secondary N) is 1. The molecule has 1 amide bonds. The number of amides is 1. The molecule has 3 heterocycles. The van der Waals surface area contributed by atoms with Crippen molar-refractivity contribution in [2.45, 2.75) is 32.0 Å². The summed E-state index contributed by atoms with van der Waals surface area (Å²) in [5.74, 6) is 0.624. The zero-order chi connectivity index (χ0) is 21.0. The molecule has 0 spiro atoms. The quantitative estimate of drug-likeness (QED) is 0.357. The monoisotopic (exact) mass is 498 g/mol. The van der Waals surface area contributed by atoms with Crippen molar-refractivity contribution in [2.75, 3.05) is 18.2 Å². The number of esters is 1. The number of ether oxygens (including phenoxy) is 1. The van der Waals surface area contributed by atoms with Crippen LogP contribution in [0.15, 0.2) is 32.4 Å². The SMILES string of the molecule is CCCn1c(SCC(=O)Nc2sc(C)cc2C(=O)OC)nnc1-c1ccc(Br)o1. The highest BCUT2D eigenvalue weighted by molar-refractivity contribution is 9.10. The summed E-state index contributed by atoms with van der Waals surface area (Å²) in [6, 6.07) is 5.31. The first-order valence-electron chi connectivity index (χ1n) is 8.73. The van der Waals surface area contributed by atoms with E-state index >= 15 is 0 Å². The van der Waals surface area contributed by atoms with Crippen LogP contribution >= 0.6 is 39.0 Å². The van der Waals surface area contributed by atoms with E-state index in [1.807, 2.05) is 17.6 Å². The number of aromatic nitrogens is 3. The Morgan fingerprint density at radius 3 is 2.83 bits per heavy atom. The van der Waals surface area contributed by atoms with Gasteiger partial charge in [-0.15, -0.1) is 21.5 Å². The van der Waals surface area contributed by atoms with E-state index < -0.39 is 5.97 Å². The number of halogens is 1. The molecule has 0 bridgehead atoms. The predicted molar refractivity (Wildman–Crippen MR) is 115 cm³/mol. The summed E-state index contributed by atoms with van der Waals surface area (Å²) >= 11 is 5.90. The molecule has 0 fully saturated rings. The Morgan fingerprint density at radius 1 is 1.38 bits per heavy atom.